The van der Waals surface area contributed by atoms with E-state index in [1.165, 1.54) is 19.1 Å². The first-order valence-electron chi connectivity index (χ1n) is 6.70. The number of halogens is 3. The van der Waals surface area contributed by atoms with Crippen LogP contribution >= 0.6 is 0 Å². The van der Waals surface area contributed by atoms with Crippen LogP contribution in [0, 0.1) is 11.3 Å². The van der Waals surface area contributed by atoms with Crippen molar-refractivity contribution in [2.45, 2.75) is 25.8 Å². The van der Waals surface area contributed by atoms with Crippen LogP contribution in [0.1, 0.15) is 30.7 Å². The third-order valence-corrected chi connectivity index (χ3v) is 4.61. The van der Waals surface area contributed by atoms with Crippen LogP contribution in [0.4, 0.5) is 13.2 Å². The summed E-state index contributed by atoms with van der Waals surface area (Å²) in [7, 11) is -4.01. The van der Waals surface area contributed by atoms with E-state index >= 15 is 0 Å². The Balaban J connectivity index is 2.58. The van der Waals surface area contributed by atoms with Gasteiger partial charge < -0.3 is 10.1 Å². The Morgan fingerprint density at radius 2 is 1.96 bits per heavy atom. The number of nitrogens with zero attached hydrogens (tertiary/aromatic N) is 1. The van der Waals surface area contributed by atoms with Gasteiger partial charge in [0.15, 0.2) is 0 Å². The number of nitriles is 1. The average Bonchev–Trinajstić information content (AvgIpc) is 2.87. The van der Waals surface area contributed by atoms with Crippen LogP contribution in [0.5, 0.6) is 0 Å². The smallest absolute Gasteiger partial charge is 0.360 e. The van der Waals surface area contributed by atoms with Crippen molar-refractivity contribution in [3.63, 3.8) is 0 Å². The summed E-state index contributed by atoms with van der Waals surface area (Å²) >= 11 is 0. The predicted octanol–water partition coefficient (Wildman–Crippen LogP) is 2.59. The molecule has 1 aromatic heterocycles. The SMILES string of the molecule is CCS(=O)(=O)OC(C)(O)c1cc2cc(C#N)c(C(F)(F)F)cc2[nH]1. The van der Waals surface area contributed by atoms with Gasteiger partial charge in [-0.25, -0.2) is 4.18 Å². The van der Waals surface area contributed by atoms with Crippen LogP contribution < -0.4 is 0 Å². The van der Waals surface area contributed by atoms with E-state index in [1.54, 1.807) is 0 Å². The summed E-state index contributed by atoms with van der Waals surface area (Å²) in [5.74, 6) is -2.68. The van der Waals surface area contributed by atoms with Crippen molar-refractivity contribution in [3.8, 4) is 6.07 Å². The highest BCUT2D eigenvalue weighted by atomic mass is 32.2. The summed E-state index contributed by atoms with van der Waals surface area (Å²) in [6.45, 7) is 2.35. The Labute approximate surface area is 135 Å². The summed E-state index contributed by atoms with van der Waals surface area (Å²) in [5.41, 5.74) is -1.89. The zero-order chi connectivity index (χ0) is 18.3. The quantitative estimate of drug-likeness (QED) is 0.643. The lowest BCUT2D eigenvalue weighted by molar-refractivity contribution is -0.137. The maximum Gasteiger partial charge on any atom is 0.417 e. The van der Waals surface area contributed by atoms with Crippen LogP contribution in [0.15, 0.2) is 18.2 Å². The number of hydrogen-bond acceptors (Lipinski definition) is 5. The minimum Gasteiger partial charge on any atom is -0.360 e. The van der Waals surface area contributed by atoms with E-state index in [-0.39, 0.29) is 22.3 Å². The number of H-pyrrole nitrogens is 1. The molecule has 0 aliphatic heterocycles. The fraction of sp³-hybridized carbons (Fsp3) is 0.357. The number of nitrogens with one attached hydrogen (secondary N) is 1. The second-order valence-corrected chi connectivity index (χ2v) is 7.05. The van der Waals surface area contributed by atoms with Crippen molar-refractivity contribution >= 4 is 21.0 Å². The highest BCUT2D eigenvalue weighted by Gasteiger charge is 2.36. The van der Waals surface area contributed by atoms with Gasteiger partial charge in [-0.3, -0.25) is 0 Å². The number of aromatic amines is 1. The molecule has 2 aromatic rings. The fourth-order valence-corrected chi connectivity index (χ4v) is 2.81. The van der Waals surface area contributed by atoms with Gasteiger partial charge in [0.25, 0.3) is 10.1 Å². The Bertz CT molecular complexity index is 924. The molecule has 1 unspecified atom stereocenters. The molecule has 2 rings (SSSR count). The lowest BCUT2D eigenvalue weighted by Gasteiger charge is -2.21. The molecule has 0 fully saturated rings. The number of aliphatic hydroxyl groups is 1. The Morgan fingerprint density at radius 3 is 2.46 bits per heavy atom. The van der Waals surface area contributed by atoms with Crippen LogP contribution in [-0.2, 0) is 26.3 Å². The van der Waals surface area contributed by atoms with Gasteiger partial charge in [-0.1, -0.05) is 0 Å². The second-order valence-electron chi connectivity index (χ2n) is 5.19. The normalized spacial score (nSPS) is 15.2. The molecular weight excluding hydrogens is 349 g/mol. The number of rotatable bonds is 4. The number of aromatic nitrogens is 1. The monoisotopic (exact) mass is 362 g/mol. The lowest BCUT2D eigenvalue weighted by atomic mass is 10.1. The van der Waals surface area contributed by atoms with Crippen LogP contribution in [-0.4, -0.2) is 24.3 Å². The van der Waals surface area contributed by atoms with Gasteiger partial charge in [-0.05, 0) is 32.0 Å². The molecule has 1 aromatic carbocycles. The summed E-state index contributed by atoms with van der Waals surface area (Å²) in [5, 5.41) is 19.3. The molecule has 10 heteroatoms. The fourth-order valence-electron chi connectivity index (χ4n) is 2.11. The van der Waals surface area contributed by atoms with Crippen molar-refractivity contribution in [2.24, 2.45) is 0 Å². The Kier molecular flexibility index (Phi) is 4.39. The summed E-state index contributed by atoms with van der Waals surface area (Å²) in [6, 6.07) is 4.42. The molecular formula is C14H13F3N2O4S. The molecule has 0 bridgehead atoms. The number of hydrogen-bond donors (Lipinski definition) is 2. The standard InChI is InChI=1S/C14H13F3N2O4S/c1-3-24(21,22)23-13(2,20)12-5-8-4-9(7-18)10(14(15,16)17)6-11(8)19-12/h4-6,19-20H,3H2,1-2H3. The number of benzene rings is 1. The van der Waals surface area contributed by atoms with Crippen molar-refractivity contribution in [3.05, 3.63) is 35.0 Å². The van der Waals surface area contributed by atoms with E-state index < -0.39 is 33.2 Å². The molecule has 0 radical (unpaired) electrons. The Hall–Kier alpha value is -2.09. The minimum absolute atomic E-state index is 0.0194. The molecule has 0 saturated heterocycles. The van der Waals surface area contributed by atoms with E-state index in [0.29, 0.717) is 0 Å². The highest BCUT2D eigenvalue weighted by molar-refractivity contribution is 7.86. The molecule has 24 heavy (non-hydrogen) atoms. The maximum absolute atomic E-state index is 13.0. The lowest BCUT2D eigenvalue weighted by Crippen LogP contribution is -2.29. The summed E-state index contributed by atoms with van der Waals surface area (Å²) in [4.78, 5) is 2.50. The van der Waals surface area contributed by atoms with Gasteiger partial charge in [0.05, 0.1) is 28.6 Å². The first-order valence-corrected chi connectivity index (χ1v) is 8.27. The third-order valence-electron chi connectivity index (χ3n) is 3.33. The maximum atomic E-state index is 13.0. The highest BCUT2D eigenvalue weighted by Crippen LogP contribution is 2.35. The van der Waals surface area contributed by atoms with Gasteiger partial charge in [-0.15, -0.1) is 0 Å². The first kappa shape index (κ1) is 18.3. The van der Waals surface area contributed by atoms with Gasteiger partial charge in [0.2, 0.25) is 5.79 Å². The van der Waals surface area contributed by atoms with Gasteiger partial charge >= 0.3 is 6.18 Å². The molecule has 1 heterocycles. The molecule has 0 aliphatic carbocycles. The van der Waals surface area contributed by atoms with Gasteiger partial charge in [0, 0.05) is 10.9 Å². The van der Waals surface area contributed by atoms with Crippen molar-refractivity contribution in [1.82, 2.24) is 4.98 Å². The van der Waals surface area contributed by atoms with E-state index in [2.05, 4.69) is 9.17 Å². The second kappa shape index (κ2) is 5.77. The first-order chi connectivity index (χ1) is 10.9. The molecule has 0 amide bonds. The molecule has 130 valence electrons. The zero-order valence-corrected chi connectivity index (χ0v) is 13.4. The third kappa shape index (κ3) is 3.53. The van der Waals surface area contributed by atoms with E-state index in [4.69, 9.17) is 5.26 Å². The molecule has 0 spiro atoms. The minimum atomic E-state index is -4.73. The van der Waals surface area contributed by atoms with Crippen molar-refractivity contribution in [1.29, 1.82) is 5.26 Å². The van der Waals surface area contributed by atoms with Crippen LogP contribution in [0.2, 0.25) is 0 Å². The molecule has 0 saturated carbocycles. The Morgan fingerprint density at radius 1 is 1.33 bits per heavy atom. The van der Waals surface area contributed by atoms with E-state index in [9.17, 15) is 26.7 Å². The van der Waals surface area contributed by atoms with Crippen molar-refractivity contribution < 1.29 is 30.9 Å². The molecule has 1 atom stereocenters. The van der Waals surface area contributed by atoms with Gasteiger partial charge in [0.1, 0.15) is 0 Å². The molecule has 2 N–H and O–H groups in total. The predicted molar refractivity (Wildman–Crippen MR) is 78.1 cm³/mol. The van der Waals surface area contributed by atoms with Crippen molar-refractivity contribution in [2.75, 3.05) is 5.75 Å². The molecule has 0 aliphatic rings. The van der Waals surface area contributed by atoms with E-state index in [0.717, 1.165) is 19.1 Å². The van der Waals surface area contributed by atoms with Crippen LogP contribution in [0.3, 0.4) is 0 Å². The zero-order valence-electron chi connectivity index (χ0n) is 12.6. The van der Waals surface area contributed by atoms with Gasteiger partial charge in [-0.2, -0.15) is 26.9 Å². The summed E-state index contributed by atoms with van der Waals surface area (Å²) in [6.07, 6.45) is -4.73. The van der Waals surface area contributed by atoms with Crippen LogP contribution in [0.25, 0.3) is 10.9 Å². The number of fused-ring (bicyclic) bond motifs is 1. The molecule has 6 nitrogen and oxygen atoms in total. The largest absolute Gasteiger partial charge is 0.417 e. The van der Waals surface area contributed by atoms with E-state index in [1.807, 2.05) is 0 Å². The number of alkyl halides is 3. The topological polar surface area (TPSA) is 103 Å². The summed E-state index contributed by atoms with van der Waals surface area (Å²) < 4.78 is 66.5. The average molecular weight is 362 g/mol.